The minimum absolute atomic E-state index is 0.302. The highest BCUT2D eigenvalue weighted by atomic mass is 16.5. The fourth-order valence-electron chi connectivity index (χ4n) is 6.21. The summed E-state index contributed by atoms with van der Waals surface area (Å²) < 4.78 is 6.37. The number of fused-ring (bicyclic) bond motifs is 7. The lowest BCUT2D eigenvalue weighted by atomic mass is 9.87. The van der Waals surface area contributed by atoms with Gasteiger partial charge in [-0.15, -0.1) is 0 Å². The molecule has 178 valence electrons. The zero-order chi connectivity index (χ0) is 24.3. The van der Waals surface area contributed by atoms with Gasteiger partial charge in [0.15, 0.2) is 11.5 Å². The first-order chi connectivity index (χ1) is 18.3. The van der Waals surface area contributed by atoms with E-state index in [0.717, 1.165) is 42.1 Å². The Balaban J connectivity index is 1.21. The van der Waals surface area contributed by atoms with Crippen molar-refractivity contribution in [3.63, 3.8) is 0 Å². The van der Waals surface area contributed by atoms with Gasteiger partial charge in [0.25, 0.3) is 0 Å². The van der Waals surface area contributed by atoms with Gasteiger partial charge in [-0.1, -0.05) is 72.8 Å². The van der Waals surface area contributed by atoms with Crippen LogP contribution in [-0.2, 0) is 6.42 Å². The molecule has 0 fully saturated rings. The van der Waals surface area contributed by atoms with Crippen LogP contribution in [0.1, 0.15) is 35.6 Å². The maximum absolute atomic E-state index is 6.37. The number of rotatable bonds is 2. The number of aromatic nitrogens is 1. The third-order valence-electron chi connectivity index (χ3n) is 7.99. The summed E-state index contributed by atoms with van der Waals surface area (Å²) in [5.74, 6) is 2.12. The predicted molar refractivity (Wildman–Crippen MR) is 153 cm³/mol. The van der Waals surface area contributed by atoms with E-state index >= 15 is 0 Å². The van der Waals surface area contributed by atoms with Gasteiger partial charge in [-0.3, -0.25) is 0 Å². The largest absolute Gasteiger partial charge is 0.453 e. The van der Waals surface area contributed by atoms with Gasteiger partial charge >= 0.3 is 0 Å². The van der Waals surface area contributed by atoms with Gasteiger partial charge in [0.05, 0.1) is 11.4 Å². The summed E-state index contributed by atoms with van der Waals surface area (Å²) in [6.45, 7) is 0. The number of ether oxygens (including phenoxy) is 1. The first kappa shape index (κ1) is 20.7. The molecule has 1 aliphatic heterocycles. The number of aromatic amines is 1. The molecule has 0 spiro atoms. The molecule has 1 N–H and O–H groups in total. The average Bonchev–Trinajstić information content (AvgIpc) is 3.34. The molecule has 3 nitrogen and oxygen atoms in total. The number of benzene rings is 4. The molecule has 3 aliphatic rings. The average molecular weight is 479 g/mol. The van der Waals surface area contributed by atoms with Crippen LogP contribution >= 0.6 is 0 Å². The maximum atomic E-state index is 6.37. The Hall–Kier alpha value is -4.50. The predicted octanol–water partition coefficient (Wildman–Crippen LogP) is 9.15. The Morgan fingerprint density at radius 1 is 0.865 bits per heavy atom. The van der Waals surface area contributed by atoms with E-state index in [2.05, 4.69) is 113 Å². The van der Waals surface area contributed by atoms with Crippen molar-refractivity contribution in [1.82, 2.24) is 4.98 Å². The van der Waals surface area contributed by atoms with Crippen molar-refractivity contribution < 1.29 is 4.74 Å². The quantitative estimate of drug-likeness (QED) is 0.274. The molecule has 8 rings (SSSR count). The second kappa shape index (κ2) is 8.01. The second-order valence-corrected chi connectivity index (χ2v) is 10.2. The number of nitrogens with zero attached hydrogens (tertiary/aromatic N) is 1. The highest BCUT2D eigenvalue weighted by Crippen LogP contribution is 2.50. The van der Waals surface area contributed by atoms with Crippen molar-refractivity contribution in [3.05, 3.63) is 126 Å². The van der Waals surface area contributed by atoms with Gasteiger partial charge in [0.1, 0.15) is 0 Å². The van der Waals surface area contributed by atoms with E-state index in [-0.39, 0.29) is 0 Å². The Kier molecular flexibility index (Phi) is 4.47. The molecule has 0 radical (unpaired) electrons. The zero-order valence-corrected chi connectivity index (χ0v) is 20.4. The van der Waals surface area contributed by atoms with Crippen molar-refractivity contribution in [2.24, 2.45) is 0 Å². The number of nitrogens with one attached hydrogen (secondary N) is 1. The van der Waals surface area contributed by atoms with E-state index < -0.39 is 0 Å². The maximum Gasteiger partial charge on any atom is 0.151 e. The SMILES string of the molecule is C1=CCCC(N2c3ccccc3Oc3ccc(C4C=Cc5c([nH]c6ccc7ccccc7c56)C4)cc32)=C1. The number of hydrogen-bond donors (Lipinski definition) is 1. The third kappa shape index (κ3) is 3.20. The van der Waals surface area contributed by atoms with Crippen molar-refractivity contribution >= 4 is 39.1 Å². The first-order valence-corrected chi connectivity index (χ1v) is 13.1. The molecule has 0 saturated heterocycles. The molecule has 1 atom stereocenters. The summed E-state index contributed by atoms with van der Waals surface area (Å²) >= 11 is 0. The molecule has 1 aromatic heterocycles. The summed E-state index contributed by atoms with van der Waals surface area (Å²) in [6.07, 6.45) is 14.4. The number of allylic oxidation sites excluding steroid dienone is 5. The summed E-state index contributed by atoms with van der Waals surface area (Å²) in [5, 5.41) is 3.94. The second-order valence-electron chi connectivity index (χ2n) is 10.2. The minimum atomic E-state index is 0.302. The molecule has 3 heteroatoms. The molecule has 2 heterocycles. The highest BCUT2D eigenvalue weighted by Gasteiger charge is 2.29. The van der Waals surface area contributed by atoms with E-state index in [1.54, 1.807) is 0 Å². The molecule has 1 unspecified atom stereocenters. The Bertz CT molecular complexity index is 1800. The van der Waals surface area contributed by atoms with Gasteiger partial charge in [0, 0.05) is 33.8 Å². The van der Waals surface area contributed by atoms with Crippen LogP contribution in [0.4, 0.5) is 11.4 Å². The van der Waals surface area contributed by atoms with Gasteiger partial charge < -0.3 is 14.6 Å². The van der Waals surface area contributed by atoms with Crippen molar-refractivity contribution in [1.29, 1.82) is 0 Å². The lowest BCUT2D eigenvalue weighted by molar-refractivity contribution is 0.475. The molecular formula is C34H26N2O. The Morgan fingerprint density at radius 2 is 1.76 bits per heavy atom. The monoisotopic (exact) mass is 478 g/mol. The van der Waals surface area contributed by atoms with Crippen LogP contribution in [0.15, 0.2) is 109 Å². The van der Waals surface area contributed by atoms with Gasteiger partial charge in [-0.05, 0) is 72.0 Å². The van der Waals surface area contributed by atoms with E-state index in [9.17, 15) is 0 Å². The Labute approximate surface area is 216 Å². The van der Waals surface area contributed by atoms with Gasteiger partial charge in [-0.2, -0.15) is 0 Å². The number of anilines is 2. The number of hydrogen-bond acceptors (Lipinski definition) is 2. The van der Waals surface area contributed by atoms with E-state index in [1.807, 2.05) is 6.07 Å². The summed E-state index contributed by atoms with van der Waals surface area (Å²) in [5.41, 5.74) is 8.71. The van der Waals surface area contributed by atoms with Crippen LogP contribution < -0.4 is 9.64 Å². The minimum Gasteiger partial charge on any atom is -0.453 e. The third-order valence-corrected chi connectivity index (χ3v) is 7.99. The van der Waals surface area contributed by atoms with Crippen LogP contribution in [0.5, 0.6) is 11.5 Å². The summed E-state index contributed by atoms with van der Waals surface area (Å²) in [4.78, 5) is 6.14. The van der Waals surface area contributed by atoms with Gasteiger partial charge in [0.2, 0.25) is 0 Å². The van der Waals surface area contributed by atoms with Crippen molar-refractivity contribution in [2.45, 2.75) is 25.2 Å². The van der Waals surface area contributed by atoms with Crippen LogP contribution in [0, 0.1) is 0 Å². The lowest BCUT2D eigenvalue weighted by Gasteiger charge is -2.35. The standard InChI is InChI=1S/C34H26N2O/c1-2-9-25(10-3-1)36-30-12-6-7-13-32(30)37-33-19-16-24(21-31(33)36)23-14-17-27-29(20-23)35-28-18-15-22-8-4-5-11-26(22)34(27)28/h1-2,4-9,11-19,21,23,35H,3,10,20H2. The van der Waals surface area contributed by atoms with Gasteiger partial charge in [-0.25, -0.2) is 0 Å². The fraction of sp³-hybridized carbons (Fsp3) is 0.118. The van der Waals surface area contributed by atoms with Crippen LogP contribution in [0.25, 0.3) is 27.8 Å². The fourth-order valence-corrected chi connectivity index (χ4v) is 6.21. The number of H-pyrrole nitrogens is 1. The summed E-state index contributed by atoms with van der Waals surface area (Å²) in [6, 6.07) is 28.2. The topological polar surface area (TPSA) is 28.3 Å². The molecular weight excluding hydrogens is 452 g/mol. The van der Waals surface area contributed by atoms with E-state index in [0.29, 0.717) is 5.92 Å². The number of para-hydroxylation sites is 2. The van der Waals surface area contributed by atoms with Crippen molar-refractivity contribution in [3.8, 4) is 11.5 Å². The molecule has 5 aromatic rings. The van der Waals surface area contributed by atoms with Crippen LogP contribution in [0.2, 0.25) is 0 Å². The molecule has 0 bridgehead atoms. The molecule has 2 aliphatic carbocycles. The Morgan fingerprint density at radius 3 is 2.70 bits per heavy atom. The van der Waals surface area contributed by atoms with Crippen LogP contribution in [0.3, 0.4) is 0 Å². The zero-order valence-electron chi connectivity index (χ0n) is 20.4. The molecule has 37 heavy (non-hydrogen) atoms. The molecule has 0 saturated carbocycles. The van der Waals surface area contributed by atoms with E-state index in [4.69, 9.17) is 4.74 Å². The normalized spacial score (nSPS) is 17.8. The molecule has 0 amide bonds. The lowest BCUT2D eigenvalue weighted by Crippen LogP contribution is -2.21. The molecule has 4 aromatic carbocycles. The smallest absolute Gasteiger partial charge is 0.151 e. The first-order valence-electron chi connectivity index (χ1n) is 13.1. The van der Waals surface area contributed by atoms with Crippen molar-refractivity contribution in [2.75, 3.05) is 4.90 Å². The van der Waals surface area contributed by atoms with E-state index in [1.165, 1.54) is 44.2 Å². The van der Waals surface area contributed by atoms with Crippen LogP contribution in [-0.4, -0.2) is 4.98 Å². The highest BCUT2D eigenvalue weighted by molar-refractivity contribution is 6.11. The summed E-state index contributed by atoms with van der Waals surface area (Å²) in [7, 11) is 0.